The van der Waals surface area contributed by atoms with Gasteiger partial charge in [-0.1, -0.05) is 18.2 Å². The van der Waals surface area contributed by atoms with Crippen LogP contribution < -0.4 is 4.74 Å². The highest BCUT2D eigenvalue weighted by molar-refractivity contribution is 5.52. The van der Waals surface area contributed by atoms with E-state index in [1.807, 2.05) is 0 Å². The van der Waals surface area contributed by atoms with E-state index in [0.29, 0.717) is 11.1 Å². The first-order valence-corrected chi connectivity index (χ1v) is 8.64. The molecule has 0 aliphatic carbocycles. The van der Waals surface area contributed by atoms with Crippen LogP contribution in [0.25, 0.3) is 0 Å². The van der Waals surface area contributed by atoms with E-state index in [0.717, 1.165) is 0 Å². The van der Waals surface area contributed by atoms with Gasteiger partial charge in [-0.2, -0.15) is 0 Å². The lowest BCUT2D eigenvalue weighted by atomic mass is 9.94. The molecular weight excluding hydrogens is 380 g/mol. The summed E-state index contributed by atoms with van der Waals surface area (Å²) in [5.74, 6) is -0.742. The fraction of sp³-hybridized carbons (Fsp3) is 0.143. The van der Waals surface area contributed by atoms with E-state index in [1.54, 1.807) is 12.1 Å². The van der Waals surface area contributed by atoms with E-state index in [4.69, 9.17) is 14.9 Å². The standard InChI is InChI=1S/C15H14O6.C6H6O2/c16-8-4-11(18)9-6-13(20)15(21-14(9)5-8)7-1-2-10(17)12(19)3-7;7-5-3-1-2-4-6(5)8/h1-5,13,15-20H,6H2;1-4,7-8H/t13-,15+;/m0./s1. The van der Waals surface area contributed by atoms with Crippen LogP contribution >= 0.6 is 0 Å². The van der Waals surface area contributed by atoms with Gasteiger partial charge in [-0.25, -0.2) is 0 Å². The Morgan fingerprint density at radius 1 is 0.690 bits per heavy atom. The number of ether oxygens (including phenoxy) is 1. The molecule has 0 saturated heterocycles. The first kappa shape index (κ1) is 20.0. The Morgan fingerprint density at radius 2 is 1.31 bits per heavy atom. The third-order valence-electron chi connectivity index (χ3n) is 4.40. The van der Waals surface area contributed by atoms with E-state index < -0.39 is 12.2 Å². The van der Waals surface area contributed by atoms with Gasteiger partial charge in [-0.3, -0.25) is 0 Å². The van der Waals surface area contributed by atoms with Crippen molar-refractivity contribution in [3.05, 3.63) is 65.7 Å². The molecule has 7 N–H and O–H groups in total. The Hall–Kier alpha value is -3.78. The van der Waals surface area contributed by atoms with Gasteiger partial charge in [-0.05, 0) is 29.8 Å². The molecule has 0 saturated carbocycles. The summed E-state index contributed by atoms with van der Waals surface area (Å²) >= 11 is 0. The number of fused-ring (bicyclic) bond motifs is 1. The molecule has 1 heterocycles. The van der Waals surface area contributed by atoms with Crippen molar-refractivity contribution >= 4 is 0 Å². The summed E-state index contributed by atoms with van der Waals surface area (Å²) in [6.45, 7) is 0. The zero-order chi connectivity index (χ0) is 21.1. The number of phenols is 6. The van der Waals surface area contributed by atoms with Crippen molar-refractivity contribution in [3.8, 4) is 40.2 Å². The van der Waals surface area contributed by atoms with Gasteiger partial charge in [-0.15, -0.1) is 0 Å². The smallest absolute Gasteiger partial charge is 0.157 e. The maximum atomic E-state index is 10.2. The summed E-state index contributed by atoms with van der Waals surface area (Å²) < 4.78 is 5.62. The molecule has 8 nitrogen and oxygen atoms in total. The molecule has 1 aliphatic rings. The topological polar surface area (TPSA) is 151 Å². The summed E-state index contributed by atoms with van der Waals surface area (Å²) in [4.78, 5) is 0. The fourth-order valence-electron chi connectivity index (χ4n) is 2.93. The van der Waals surface area contributed by atoms with E-state index >= 15 is 0 Å². The lowest BCUT2D eigenvalue weighted by molar-refractivity contribution is 0.0197. The minimum Gasteiger partial charge on any atom is -0.508 e. The number of phenolic OH excluding ortho intramolecular Hbond substituents is 6. The number of benzene rings is 3. The lowest BCUT2D eigenvalue weighted by Crippen LogP contribution is -2.30. The SMILES string of the molecule is Oc1cc(O)c2c(c1)O[C@H](c1ccc(O)c(O)c1)[C@@H](O)C2.Oc1ccccc1O. The van der Waals surface area contributed by atoms with Gasteiger partial charge in [0.25, 0.3) is 0 Å². The molecule has 0 fully saturated rings. The normalized spacial score (nSPS) is 17.4. The van der Waals surface area contributed by atoms with Crippen molar-refractivity contribution in [2.75, 3.05) is 0 Å². The quantitative estimate of drug-likeness (QED) is 0.308. The summed E-state index contributed by atoms with van der Waals surface area (Å²) in [5, 5.41) is 65.6. The molecule has 0 unspecified atom stereocenters. The Balaban J connectivity index is 0.000000252. The third kappa shape index (κ3) is 4.39. The molecule has 0 bridgehead atoms. The zero-order valence-electron chi connectivity index (χ0n) is 15.1. The number of aromatic hydroxyl groups is 6. The van der Waals surface area contributed by atoms with Crippen LogP contribution in [-0.2, 0) is 6.42 Å². The number of hydrogen-bond donors (Lipinski definition) is 7. The monoisotopic (exact) mass is 400 g/mol. The average molecular weight is 400 g/mol. The highest BCUT2D eigenvalue weighted by Crippen LogP contribution is 2.42. The molecule has 0 radical (unpaired) electrons. The van der Waals surface area contributed by atoms with Crippen LogP contribution in [0, 0.1) is 0 Å². The van der Waals surface area contributed by atoms with E-state index in [9.17, 15) is 25.5 Å². The van der Waals surface area contributed by atoms with Crippen LogP contribution in [0.2, 0.25) is 0 Å². The summed E-state index contributed by atoms with van der Waals surface area (Å²) in [6, 6.07) is 12.8. The highest BCUT2D eigenvalue weighted by Gasteiger charge is 2.32. The van der Waals surface area contributed by atoms with Crippen molar-refractivity contribution in [3.63, 3.8) is 0 Å². The predicted molar refractivity (Wildman–Crippen MR) is 102 cm³/mol. The van der Waals surface area contributed by atoms with Crippen molar-refractivity contribution in [1.29, 1.82) is 0 Å². The first-order chi connectivity index (χ1) is 13.8. The molecule has 3 aromatic carbocycles. The predicted octanol–water partition coefficient (Wildman–Crippen LogP) is 2.64. The average Bonchev–Trinajstić information content (AvgIpc) is 2.67. The second-order valence-corrected chi connectivity index (χ2v) is 6.49. The molecule has 152 valence electrons. The minimum absolute atomic E-state index is 0.0764. The highest BCUT2D eigenvalue weighted by atomic mass is 16.5. The Morgan fingerprint density at radius 3 is 1.90 bits per heavy atom. The molecule has 1 aliphatic heterocycles. The van der Waals surface area contributed by atoms with Crippen LogP contribution in [0.3, 0.4) is 0 Å². The van der Waals surface area contributed by atoms with Crippen LogP contribution in [0.1, 0.15) is 17.2 Å². The van der Waals surface area contributed by atoms with Gasteiger partial charge in [0, 0.05) is 24.1 Å². The maximum Gasteiger partial charge on any atom is 0.157 e. The number of aliphatic hydroxyl groups excluding tert-OH is 1. The fourth-order valence-corrected chi connectivity index (χ4v) is 2.93. The van der Waals surface area contributed by atoms with Gasteiger partial charge < -0.3 is 40.5 Å². The summed E-state index contributed by atoms with van der Waals surface area (Å²) in [6.07, 6.45) is -1.56. The number of para-hydroxylation sites is 2. The zero-order valence-corrected chi connectivity index (χ0v) is 15.1. The van der Waals surface area contributed by atoms with Crippen molar-refractivity contribution in [2.24, 2.45) is 0 Å². The maximum absolute atomic E-state index is 10.2. The Kier molecular flexibility index (Phi) is 5.56. The molecule has 29 heavy (non-hydrogen) atoms. The molecule has 0 aromatic heterocycles. The first-order valence-electron chi connectivity index (χ1n) is 8.64. The Labute approximate surface area is 165 Å². The van der Waals surface area contributed by atoms with Gasteiger partial charge in [0.05, 0.1) is 6.10 Å². The van der Waals surface area contributed by atoms with Crippen molar-refractivity contribution in [2.45, 2.75) is 18.6 Å². The number of aliphatic hydroxyl groups is 1. The second-order valence-electron chi connectivity index (χ2n) is 6.49. The van der Waals surface area contributed by atoms with Gasteiger partial charge in [0.1, 0.15) is 23.4 Å². The minimum atomic E-state index is -0.933. The molecular formula is C21H20O8. The van der Waals surface area contributed by atoms with Crippen LogP contribution in [-0.4, -0.2) is 41.8 Å². The number of hydrogen-bond acceptors (Lipinski definition) is 8. The van der Waals surface area contributed by atoms with Crippen molar-refractivity contribution < 1.29 is 40.5 Å². The van der Waals surface area contributed by atoms with E-state index in [1.165, 1.54) is 42.5 Å². The van der Waals surface area contributed by atoms with E-state index in [-0.39, 0.29) is 46.7 Å². The molecule has 0 spiro atoms. The third-order valence-corrected chi connectivity index (χ3v) is 4.40. The number of rotatable bonds is 1. The molecule has 4 rings (SSSR count). The lowest BCUT2D eigenvalue weighted by Gasteiger charge is -2.31. The van der Waals surface area contributed by atoms with Gasteiger partial charge in [0.15, 0.2) is 23.0 Å². The largest absolute Gasteiger partial charge is 0.508 e. The van der Waals surface area contributed by atoms with Gasteiger partial charge in [0.2, 0.25) is 0 Å². The molecule has 0 amide bonds. The molecule has 2 atom stereocenters. The van der Waals surface area contributed by atoms with E-state index in [2.05, 4.69) is 0 Å². The molecule has 3 aromatic rings. The Bertz CT molecular complexity index is 997. The van der Waals surface area contributed by atoms with Crippen molar-refractivity contribution in [1.82, 2.24) is 0 Å². The summed E-state index contributed by atoms with van der Waals surface area (Å²) in [7, 11) is 0. The molecule has 8 heteroatoms. The van der Waals surface area contributed by atoms with Crippen LogP contribution in [0.5, 0.6) is 40.2 Å². The van der Waals surface area contributed by atoms with Crippen LogP contribution in [0.4, 0.5) is 0 Å². The summed E-state index contributed by atoms with van der Waals surface area (Å²) in [5.41, 5.74) is 0.894. The second kappa shape index (κ2) is 8.07. The van der Waals surface area contributed by atoms with Crippen LogP contribution in [0.15, 0.2) is 54.6 Å². The van der Waals surface area contributed by atoms with Gasteiger partial charge >= 0.3 is 0 Å².